The lowest BCUT2D eigenvalue weighted by molar-refractivity contribution is 0.828. The number of unbranched alkanes of at least 4 members (excludes halogenated alkanes) is 2. The Morgan fingerprint density at radius 2 is 2.08 bits per heavy atom. The summed E-state index contributed by atoms with van der Waals surface area (Å²) in [6.45, 7) is 2.21. The zero-order chi connectivity index (χ0) is 8.65. The van der Waals surface area contributed by atoms with Gasteiger partial charge in [0.25, 0.3) is 0 Å². The Kier molecular flexibility index (Phi) is 5.81. The largest absolute Gasteiger partial charge is 0.135 e. The van der Waals surface area contributed by atoms with Gasteiger partial charge < -0.3 is 0 Å². The van der Waals surface area contributed by atoms with Crippen LogP contribution in [-0.4, -0.2) is 16.1 Å². The Morgan fingerprint density at radius 1 is 1.33 bits per heavy atom. The molecule has 0 radical (unpaired) electrons. The first-order valence-electron chi connectivity index (χ1n) is 4.65. The van der Waals surface area contributed by atoms with Gasteiger partial charge in [0.2, 0.25) is 0 Å². The predicted molar refractivity (Wildman–Crippen MR) is 60.6 cm³/mol. The molecule has 0 atom stereocenters. The van der Waals surface area contributed by atoms with Crippen LogP contribution in [0.1, 0.15) is 32.6 Å². The lowest BCUT2D eigenvalue weighted by Gasteiger charge is -2.14. The molecule has 1 saturated heterocycles. The van der Waals surface area contributed by atoms with Crippen LogP contribution in [0.3, 0.4) is 0 Å². The highest BCUT2D eigenvalue weighted by atomic mass is 32.2. The van der Waals surface area contributed by atoms with Crippen molar-refractivity contribution < 1.29 is 0 Å². The molecule has 68 valence electrons. The van der Waals surface area contributed by atoms with Crippen LogP contribution in [0.5, 0.6) is 0 Å². The minimum absolute atomic E-state index is 0.579. The molecule has 0 aliphatic carbocycles. The van der Waals surface area contributed by atoms with E-state index in [9.17, 15) is 0 Å². The van der Waals surface area contributed by atoms with E-state index >= 15 is 0 Å². The average Bonchev–Trinajstić information content (AvgIpc) is 2.14. The third-order valence-corrected chi connectivity index (χ3v) is 4.41. The van der Waals surface area contributed by atoms with E-state index in [4.69, 9.17) is 0 Å². The molecule has 2 heteroatoms. The van der Waals surface area contributed by atoms with E-state index in [1.54, 1.807) is 0 Å². The summed E-state index contributed by atoms with van der Waals surface area (Å²) < 4.78 is 0.579. The van der Waals surface area contributed by atoms with Crippen molar-refractivity contribution in [3.63, 3.8) is 0 Å². The Balaban J connectivity index is 2.13. The molecular weight excluding hydrogens is 184 g/mol. The summed E-state index contributed by atoms with van der Waals surface area (Å²) in [5, 5.41) is 0. The number of thioether (sulfide) groups is 2. The van der Waals surface area contributed by atoms with E-state index in [1.165, 1.54) is 30.8 Å². The molecule has 1 aliphatic rings. The Hall–Kier alpha value is 0.260. The maximum Gasteiger partial charge on any atom is 0.111 e. The standard InChI is InChI=1S/C10H16S2/c1-2-3-4-5-7-10-11-8-6-9-12-10/h10H,2-4,6,8-9H2,1H3. The normalized spacial score (nSPS) is 18.4. The van der Waals surface area contributed by atoms with Gasteiger partial charge in [0, 0.05) is 6.42 Å². The first-order chi connectivity index (χ1) is 5.93. The molecule has 12 heavy (non-hydrogen) atoms. The quantitative estimate of drug-likeness (QED) is 0.495. The van der Waals surface area contributed by atoms with Crippen molar-refractivity contribution in [1.82, 2.24) is 0 Å². The van der Waals surface area contributed by atoms with Gasteiger partial charge in [-0.25, -0.2) is 0 Å². The summed E-state index contributed by atoms with van der Waals surface area (Å²) >= 11 is 4.02. The first kappa shape index (κ1) is 10.3. The molecular formula is C10H16S2. The number of rotatable bonds is 2. The fraction of sp³-hybridized carbons (Fsp3) is 0.800. The molecule has 0 saturated carbocycles. The van der Waals surface area contributed by atoms with Crippen molar-refractivity contribution in [1.29, 1.82) is 0 Å². The van der Waals surface area contributed by atoms with E-state index in [2.05, 4.69) is 18.8 Å². The Labute approximate surface area is 84.3 Å². The predicted octanol–water partition coefficient (Wildman–Crippen LogP) is 3.38. The second kappa shape index (κ2) is 6.74. The van der Waals surface area contributed by atoms with Crippen LogP contribution in [-0.2, 0) is 0 Å². The van der Waals surface area contributed by atoms with Crippen molar-refractivity contribution >= 4 is 23.5 Å². The van der Waals surface area contributed by atoms with Crippen molar-refractivity contribution in [3.05, 3.63) is 0 Å². The van der Waals surface area contributed by atoms with E-state index in [0.717, 1.165) is 6.42 Å². The van der Waals surface area contributed by atoms with Gasteiger partial charge in [-0.1, -0.05) is 19.3 Å². The SMILES string of the molecule is CCCCC#CC1SCCCS1. The second-order valence-electron chi connectivity index (χ2n) is 2.85. The van der Waals surface area contributed by atoms with Gasteiger partial charge in [0.15, 0.2) is 0 Å². The van der Waals surface area contributed by atoms with E-state index < -0.39 is 0 Å². The molecule has 0 unspecified atom stereocenters. The molecule has 0 aromatic carbocycles. The average molecular weight is 200 g/mol. The molecule has 0 amide bonds. The summed E-state index contributed by atoms with van der Waals surface area (Å²) in [6, 6.07) is 0. The minimum Gasteiger partial charge on any atom is -0.135 e. The molecule has 0 aromatic heterocycles. The summed E-state index contributed by atoms with van der Waals surface area (Å²) in [6.07, 6.45) is 4.98. The van der Waals surface area contributed by atoms with Crippen LogP contribution in [0.2, 0.25) is 0 Å². The summed E-state index contributed by atoms with van der Waals surface area (Å²) in [5.41, 5.74) is 0. The molecule has 0 bridgehead atoms. The zero-order valence-corrected chi connectivity index (χ0v) is 9.27. The van der Waals surface area contributed by atoms with E-state index in [1.807, 2.05) is 23.5 Å². The summed E-state index contributed by atoms with van der Waals surface area (Å²) in [5.74, 6) is 9.21. The van der Waals surface area contributed by atoms with Gasteiger partial charge >= 0.3 is 0 Å². The number of hydrogen-bond donors (Lipinski definition) is 0. The lowest BCUT2D eigenvalue weighted by atomic mass is 10.3. The van der Waals surface area contributed by atoms with Crippen molar-refractivity contribution in [2.24, 2.45) is 0 Å². The van der Waals surface area contributed by atoms with Gasteiger partial charge in [-0.05, 0) is 24.3 Å². The van der Waals surface area contributed by atoms with Crippen LogP contribution in [0.4, 0.5) is 0 Å². The molecule has 0 aromatic rings. The number of hydrogen-bond acceptors (Lipinski definition) is 2. The smallest absolute Gasteiger partial charge is 0.111 e. The third kappa shape index (κ3) is 4.33. The first-order valence-corrected chi connectivity index (χ1v) is 6.75. The minimum atomic E-state index is 0.579. The molecule has 1 fully saturated rings. The fourth-order valence-electron chi connectivity index (χ4n) is 0.992. The van der Waals surface area contributed by atoms with Crippen molar-refractivity contribution in [2.45, 2.75) is 37.2 Å². The third-order valence-electron chi connectivity index (χ3n) is 1.70. The van der Waals surface area contributed by atoms with Crippen LogP contribution >= 0.6 is 23.5 Å². The van der Waals surface area contributed by atoms with Gasteiger partial charge in [0.1, 0.15) is 4.58 Å². The summed E-state index contributed by atoms with van der Waals surface area (Å²) in [4.78, 5) is 0. The van der Waals surface area contributed by atoms with Crippen LogP contribution in [0, 0.1) is 11.8 Å². The molecule has 0 N–H and O–H groups in total. The Morgan fingerprint density at radius 3 is 2.75 bits per heavy atom. The molecule has 1 heterocycles. The molecule has 1 rings (SSSR count). The molecule has 1 aliphatic heterocycles. The Bertz CT molecular complexity index is 160. The fourth-order valence-corrected chi connectivity index (χ4v) is 3.52. The maximum absolute atomic E-state index is 3.33. The topological polar surface area (TPSA) is 0 Å². The monoisotopic (exact) mass is 200 g/mol. The second-order valence-corrected chi connectivity index (χ2v) is 5.58. The van der Waals surface area contributed by atoms with Crippen molar-refractivity contribution in [3.8, 4) is 11.8 Å². The molecule has 0 nitrogen and oxygen atoms in total. The highest BCUT2D eigenvalue weighted by Crippen LogP contribution is 2.29. The van der Waals surface area contributed by atoms with Gasteiger partial charge in [-0.15, -0.1) is 29.4 Å². The van der Waals surface area contributed by atoms with Gasteiger partial charge in [-0.2, -0.15) is 0 Å². The van der Waals surface area contributed by atoms with Crippen LogP contribution in [0.25, 0.3) is 0 Å². The van der Waals surface area contributed by atoms with Crippen LogP contribution in [0.15, 0.2) is 0 Å². The van der Waals surface area contributed by atoms with E-state index in [-0.39, 0.29) is 0 Å². The summed E-state index contributed by atoms with van der Waals surface area (Å²) in [7, 11) is 0. The highest BCUT2D eigenvalue weighted by molar-refractivity contribution is 8.17. The molecule has 0 spiro atoms. The zero-order valence-electron chi connectivity index (χ0n) is 7.64. The van der Waals surface area contributed by atoms with Crippen LogP contribution < -0.4 is 0 Å². The maximum atomic E-state index is 3.33. The van der Waals surface area contributed by atoms with Gasteiger partial charge in [0.05, 0.1) is 0 Å². The van der Waals surface area contributed by atoms with E-state index in [0.29, 0.717) is 4.58 Å². The van der Waals surface area contributed by atoms with Crippen molar-refractivity contribution in [2.75, 3.05) is 11.5 Å². The highest BCUT2D eigenvalue weighted by Gasteiger charge is 2.10. The van der Waals surface area contributed by atoms with Gasteiger partial charge in [-0.3, -0.25) is 0 Å². The lowest BCUT2D eigenvalue weighted by Crippen LogP contribution is -2.03.